The predicted molar refractivity (Wildman–Crippen MR) is 109 cm³/mol. The molecular formula is C18H27IN4O. The van der Waals surface area contributed by atoms with Crippen LogP contribution in [0.25, 0.3) is 0 Å². The molecule has 0 fully saturated rings. The summed E-state index contributed by atoms with van der Waals surface area (Å²) in [6.07, 6.45) is 0.862. The Bertz CT molecular complexity index is 662. The number of hydrogen-bond acceptors (Lipinski definition) is 3. The van der Waals surface area contributed by atoms with E-state index >= 15 is 0 Å². The number of rotatable bonds is 5. The van der Waals surface area contributed by atoms with Gasteiger partial charge in [-0.1, -0.05) is 29.4 Å². The van der Waals surface area contributed by atoms with Crippen molar-refractivity contribution < 1.29 is 4.52 Å². The molecule has 1 atom stereocenters. The Morgan fingerprint density at radius 3 is 2.54 bits per heavy atom. The standard InChI is InChI=1S/C18H26N4O.HI/c1-12-8-6-7-9-16(12)13(2)21-18(19-5)20-11-10-17-14(3)22-23-15(17)4;/h6-9,13H,10-11H2,1-5H3,(H2,19,20,21);1H. The van der Waals surface area contributed by atoms with Crippen molar-refractivity contribution in [3.63, 3.8) is 0 Å². The molecule has 5 nitrogen and oxygen atoms in total. The van der Waals surface area contributed by atoms with Crippen LogP contribution in [0.4, 0.5) is 0 Å². The van der Waals surface area contributed by atoms with Crippen LogP contribution in [-0.2, 0) is 6.42 Å². The van der Waals surface area contributed by atoms with Gasteiger partial charge in [0.05, 0.1) is 11.7 Å². The van der Waals surface area contributed by atoms with Crippen molar-refractivity contribution in [2.45, 2.75) is 40.2 Å². The fourth-order valence-corrected chi connectivity index (χ4v) is 2.71. The molecule has 6 heteroatoms. The molecule has 24 heavy (non-hydrogen) atoms. The lowest BCUT2D eigenvalue weighted by molar-refractivity contribution is 0.392. The zero-order chi connectivity index (χ0) is 16.8. The lowest BCUT2D eigenvalue weighted by Crippen LogP contribution is -2.39. The second-order valence-electron chi connectivity index (χ2n) is 5.77. The van der Waals surface area contributed by atoms with Gasteiger partial charge in [0.15, 0.2) is 5.96 Å². The van der Waals surface area contributed by atoms with Crippen LogP contribution in [0.5, 0.6) is 0 Å². The fourth-order valence-electron chi connectivity index (χ4n) is 2.71. The van der Waals surface area contributed by atoms with Crippen molar-refractivity contribution in [2.24, 2.45) is 4.99 Å². The average Bonchev–Trinajstić information content (AvgIpc) is 2.85. The summed E-state index contributed by atoms with van der Waals surface area (Å²) in [7, 11) is 1.79. The third-order valence-electron chi connectivity index (χ3n) is 4.08. The number of benzene rings is 1. The molecule has 1 aromatic carbocycles. The molecule has 132 valence electrons. The average molecular weight is 442 g/mol. The molecule has 1 unspecified atom stereocenters. The summed E-state index contributed by atoms with van der Waals surface area (Å²) < 4.78 is 5.19. The molecule has 0 saturated carbocycles. The number of aromatic nitrogens is 1. The summed E-state index contributed by atoms with van der Waals surface area (Å²) in [6.45, 7) is 8.97. The minimum absolute atomic E-state index is 0. The fraction of sp³-hybridized carbons (Fsp3) is 0.444. The number of guanidine groups is 1. The number of aryl methyl sites for hydroxylation is 3. The van der Waals surface area contributed by atoms with E-state index in [0.717, 1.165) is 30.4 Å². The third kappa shape index (κ3) is 5.22. The molecule has 0 aliphatic heterocycles. The van der Waals surface area contributed by atoms with Crippen LogP contribution in [0.2, 0.25) is 0 Å². The van der Waals surface area contributed by atoms with E-state index < -0.39 is 0 Å². The monoisotopic (exact) mass is 442 g/mol. The maximum Gasteiger partial charge on any atom is 0.191 e. The topological polar surface area (TPSA) is 62.5 Å². The van der Waals surface area contributed by atoms with Crippen molar-refractivity contribution in [1.82, 2.24) is 15.8 Å². The van der Waals surface area contributed by atoms with E-state index in [9.17, 15) is 0 Å². The quantitative estimate of drug-likeness (QED) is 0.421. The third-order valence-corrected chi connectivity index (χ3v) is 4.08. The lowest BCUT2D eigenvalue weighted by atomic mass is 10.0. The van der Waals surface area contributed by atoms with Gasteiger partial charge in [-0.15, -0.1) is 24.0 Å². The van der Waals surface area contributed by atoms with Crippen LogP contribution in [0.15, 0.2) is 33.8 Å². The SMILES string of the molecule is CN=C(NCCc1c(C)noc1C)NC(C)c1ccccc1C.I. The highest BCUT2D eigenvalue weighted by Crippen LogP contribution is 2.16. The first kappa shape index (κ1) is 20.5. The Morgan fingerprint density at radius 1 is 1.25 bits per heavy atom. The number of hydrogen-bond donors (Lipinski definition) is 2. The van der Waals surface area contributed by atoms with Gasteiger partial charge in [-0.05, 0) is 45.2 Å². The Balaban J connectivity index is 0.00000288. The van der Waals surface area contributed by atoms with E-state index in [2.05, 4.69) is 58.9 Å². The molecule has 2 N–H and O–H groups in total. The van der Waals surface area contributed by atoms with Gasteiger partial charge in [0.2, 0.25) is 0 Å². The van der Waals surface area contributed by atoms with Crippen molar-refractivity contribution in [3.05, 3.63) is 52.4 Å². The number of nitrogens with one attached hydrogen (secondary N) is 2. The maximum absolute atomic E-state index is 5.19. The Morgan fingerprint density at radius 2 is 1.96 bits per heavy atom. The molecule has 0 aliphatic carbocycles. The second kappa shape index (κ2) is 9.66. The van der Waals surface area contributed by atoms with Crippen LogP contribution < -0.4 is 10.6 Å². The highest BCUT2D eigenvalue weighted by atomic mass is 127. The second-order valence-corrected chi connectivity index (χ2v) is 5.77. The molecule has 1 heterocycles. The van der Waals surface area contributed by atoms with Gasteiger partial charge < -0.3 is 15.2 Å². The normalized spacial score (nSPS) is 12.5. The first-order valence-electron chi connectivity index (χ1n) is 7.97. The van der Waals surface area contributed by atoms with E-state index in [0.29, 0.717) is 0 Å². The molecule has 2 rings (SSSR count). The van der Waals surface area contributed by atoms with Crippen LogP contribution in [0, 0.1) is 20.8 Å². The number of halogens is 1. The highest BCUT2D eigenvalue weighted by molar-refractivity contribution is 14.0. The van der Waals surface area contributed by atoms with Crippen LogP contribution >= 0.6 is 24.0 Å². The molecule has 1 aromatic heterocycles. The van der Waals surface area contributed by atoms with Crippen molar-refractivity contribution in [2.75, 3.05) is 13.6 Å². The minimum atomic E-state index is 0. The molecule has 0 aliphatic rings. The molecule has 0 bridgehead atoms. The van der Waals surface area contributed by atoms with Crippen molar-refractivity contribution in [1.29, 1.82) is 0 Å². The molecule has 0 amide bonds. The molecular weight excluding hydrogens is 415 g/mol. The van der Waals surface area contributed by atoms with Gasteiger partial charge in [0.1, 0.15) is 5.76 Å². The van der Waals surface area contributed by atoms with Crippen LogP contribution in [-0.4, -0.2) is 24.7 Å². The van der Waals surface area contributed by atoms with Crippen LogP contribution in [0.3, 0.4) is 0 Å². The smallest absolute Gasteiger partial charge is 0.191 e. The summed E-state index contributed by atoms with van der Waals surface area (Å²) >= 11 is 0. The summed E-state index contributed by atoms with van der Waals surface area (Å²) in [5.74, 6) is 1.69. The first-order chi connectivity index (χ1) is 11.0. The zero-order valence-electron chi connectivity index (χ0n) is 15.0. The largest absolute Gasteiger partial charge is 0.361 e. The Labute approximate surface area is 161 Å². The summed E-state index contributed by atoms with van der Waals surface area (Å²) in [5.41, 5.74) is 4.68. The predicted octanol–water partition coefficient (Wildman–Crippen LogP) is 3.69. The minimum Gasteiger partial charge on any atom is -0.361 e. The summed E-state index contributed by atoms with van der Waals surface area (Å²) in [4.78, 5) is 4.30. The maximum atomic E-state index is 5.19. The molecule has 0 saturated heterocycles. The van der Waals surface area contributed by atoms with E-state index in [-0.39, 0.29) is 30.0 Å². The summed E-state index contributed by atoms with van der Waals surface area (Å²) in [5, 5.41) is 10.8. The van der Waals surface area contributed by atoms with Gasteiger partial charge in [-0.2, -0.15) is 0 Å². The van der Waals surface area contributed by atoms with E-state index in [4.69, 9.17) is 4.52 Å². The van der Waals surface area contributed by atoms with Crippen molar-refractivity contribution >= 4 is 29.9 Å². The Hall–Kier alpha value is -1.57. The van der Waals surface area contributed by atoms with Gasteiger partial charge in [-0.3, -0.25) is 4.99 Å². The number of aliphatic imine (C=N–C) groups is 1. The number of nitrogens with zero attached hydrogens (tertiary/aromatic N) is 2. The van der Waals surface area contributed by atoms with E-state index in [1.54, 1.807) is 7.05 Å². The van der Waals surface area contributed by atoms with Gasteiger partial charge in [0.25, 0.3) is 0 Å². The molecule has 0 spiro atoms. The Kier molecular flexibility index (Phi) is 8.24. The summed E-state index contributed by atoms with van der Waals surface area (Å²) in [6, 6.07) is 8.59. The van der Waals surface area contributed by atoms with Crippen molar-refractivity contribution in [3.8, 4) is 0 Å². The van der Waals surface area contributed by atoms with Crippen LogP contribution in [0.1, 0.15) is 41.1 Å². The van der Waals surface area contributed by atoms with Gasteiger partial charge in [0, 0.05) is 19.2 Å². The highest BCUT2D eigenvalue weighted by Gasteiger charge is 2.11. The zero-order valence-corrected chi connectivity index (χ0v) is 17.3. The van der Waals surface area contributed by atoms with E-state index in [1.165, 1.54) is 16.7 Å². The molecule has 0 radical (unpaired) electrons. The molecule has 2 aromatic rings. The first-order valence-corrected chi connectivity index (χ1v) is 7.97. The van der Waals surface area contributed by atoms with E-state index in [1.807, 2.05) is 13.8 Å². The lowest BCUT2D eigenvalue weighted by Gasteiger charge is -2.19. The van der Waals surface area contributed by atoms with Gasteiger partial charge in [-0.25, -0.2) is 0 Å². The van der Waals surface area contributed by atoms with Gasteiger partial charge >= 0.3 is 0 Å².